The van der Waals surface area contributed by atoms with Gasteiger partial charge in [-0.25, -0.2) is 0 Å². The van der Waals surface area contributed by atoms with E-state index in [4.69, 9.17) is 4.42 Å². The number of aryl methyl sites for hydroxylation is 1. The van der Waals surface area contributed by atoms with Crippen molar-refractivity contribution >= 4 is 39.0 Å². The van der Waals surface area contributed by atoms with Crippen molar-refractivity contribution in [2.75, 3.05) is 4.90 Å². The van der Waals surface area contributed by atoms with Gasteiger partial charge in [0.15, 0.2) is 5.58 Å². The lowest BCUT2D eigenvalue weighted by Gasteiger charge is -2.32. The first-order valence-corrected chi connectivity index (χ1v) is 14.6. The first-order valence-electron chi connectivity index (χ1n) is 14.6. The molecule has 0 unspecified atom stereocenters. The summed E-state index contributed by atoms with van der Waals surface area (Å²) in [5.74, 6) is 0. The molecule has 1 aliphatic rings. The van der Waals surface area contributed by atoms with E-state index >= 15 is 0 Å². The van der Waals surface area contributed by atoms with Crippen LogP contribution in [0.4, 0.5) is 17.1 Å². The van der Waals surface area contributed by atoms with Crippen molar-refractivity contribution in [1.29, 1.82) is 0 Å². The van der Waals surface area contributed by atoms with Gasteiger partial charge in [0.1, 0.15) is 5.58 Å². The van der Waals surface area contributed by atoms with E-state index in [0.717, 1.165) is 44.6 Å². The monoisotopic (exact) mass is 541 g/mol. The molecular formula is C40H31NO. The van der Waals surface area contributed by atoms with Crippen LogP contribution in [0, 0.1) is 6.92 Å². The molecule has 1 heterocycles. The third-order valence-corrected chi connectivity index (χ3v) is 8.95. The van der Waals surface area contributed by atoms with Gasteiger partial charge in [-0.15, -0.1) is 0 Å². The molecule has 0 saturated heterocycles. The van der Waals surface area contributed by atoms with Crippen molar-refractivity contribution in [1.82, 2.24) is 0 Å². The molecule has 42 heavy (non-hydrogen) atoms. The zero-order chi connectivity index (χ0) is 28.4. The lowest BCUT2D eigenvalue weighted by atomic mass is 9.80. The van der Waals surface area contributed by atoms with Gasteiger partial charge in [-0.2, -0.15) is 0 Å². The number of hydrogen-bond acceptors (Lipinski definition) is 2. The Hall–Kier alpha value is -5.08. The number of benzene rings is 6. The molecule has 1 aromatic heterocycles. The van der Waals surface area contributed by atoms with Crippen molar-refractivity contribution in [3.63, 3.8) is 0 Å². The zero-order valence-electron chi connectivity index (χ0n) is 24.1. The van der Waals surface area contributed by atoms with Crippen LogP contribution in [-0.2, 0) is 5.41 Å². The highest BCUT2D eigenvalue weighted by Crippen LogP contribution is 2.57. The van der Waals surface area contributed by atoms with Crippen LogP contribution in [-0.4, -0.2) is 0 Å². The maximum atomic E-state index is 6.91. The third kappa shape index (κ3) is 3.58. The van der Waals surface area contributed by atoms with Gasteiger partial charge in [-0.1, -0.05) is 117 Å². The fraction of sp³-hybridized carbons (Fsp3) is 0.100. The van der Waals surface area contributed by atoms with Crippen molar-refractivity contribution in [3.8, 4) is 22.3 Å². The number of nitrogens with zero attached hydrogens (tertiary/aromatic N) is 1. The number of rotatable bonds is 4. The summed E-state index contributed by atoms with van der Waals surface area (Å²) in [4.78, 5) is 2.40. The van der Waals surface area contributed by atoms with E-state index in [1.54, 1.807) is 0 Å². The van der Waals surface area contributed by atoms with Crippen molar-refractivity contribution < 1.29 is 4.42 Å². The Morgan fingerprint density at radius 2 is 1.19 bits per heavy atom. The van der Waals surface area contributed by atoms with Gasteiger partial charge >= 0.3 is 0 Å². The van der Waals surface area contributed by atoms with Crippen LogP contribution < -0.4 is 4.90 Å². The lowest BCUT2D eigenvalue weighted by Crippen LogP contribution is -2.21. The molecule has 202 valence electrons. The summed E-state index contributed by atoms with van der Waals surface area (Å²) in [7, 11) is 0. The van der Waals surface area contributed by atoms with Crippen LogP contribution in [0.15, 0.2) is 138 Å². The minimum atomic E-state index is -0.222. The Morgan fingerprint density at radius 1 is 0.548 bits per heavy atom. The van der Waals surface area contributed by atoms with Gasteiger partial charge in [0.25, 0.3) is 0 Å². The Labute approximate surface area is 246 Å². The van der Waals surface area contributed by atoms with E-state index in [1.807, 2.05) is 0 Å². The molecule has 0 N–H and O–H groups in total. The highest BCUT2D eigenvalue weighted by Gasteiger charge is 2.41. The molecule has 0 bridgehead atoms. The SMILES string of the molecule is Cc1cccc2c1oc1c(N(c3ccccc3)c3ccc(-c4ccccc4)cc3)c3c(cc12)-c1ccccc1C3(C)C. The molecule has 0 atom stereocenters. The van der Waals surface area contributed by atoms with Crippen LogP contribution >= 0.6 is 0 Å². The maximum absolute atomic E-state index is 6.91. The number of furan rings is 1. The standard InChI is InChI=1S/C40H31NO/c1-26-13-12-19-32-34-25-33-31-18-10-11-20-35(31)40(2,3)36(33)37(39(34)42-38(26)32)41(29-16-8-5-9-17-29)30-23-21-28(22-24-30)27-14-6-4-7-15-27/h4-25H,1-3H3. The second-order valence-corrected chi connectivity index (χ2v) is 11.8. The number of para-hydroxylation sites is 2. The first-order chi connectivity index (χ1) is 20.5. The van der Waals surface area contributed by atoms with Gasteiger partial charge in [0.05, 0.1) is 5.69 Å². The highest BCUT2D eigenvalue weighted by atomic mass is 16.3. The molecule has 1 aliphatic carbocycles. The topological polar surface area (TPSA) is 16.4 Å². The number of hydrogen-bond donors (Lipinski definition) is 0. The van der Waals surface area contributed by atoms with Gasteiger partial charge in [0, 0.05) is 27.6 Å². The Morgan fingerprint density at radius 3 is 1.95 bits per heavy atom. The van der Waals surface area contributed by atoms with Gasteiger partial charge < -0.3 is 9.32 Å². The highest BCUT2D eigenvalue weighted by molar-refractivity contribution is 6.15. The van der Waals surface area contributed by atoms with E-state index < -0.39 is 0 Å². The van der Waals surface area contributed by atoms with Crippen LogP contribution in [0.2, 0.25) is 0 Å². The minimum absolute atomic E-state index is 0.222. The van der Waals surface area contributed by atoms with E-state index in [1.165, 1.54) is 33.4 Å². The summed E-state index contributed by atoms with van der Waals surface area (Å²) in [6.07, 6.45) is 0. The summed E-state index contributed by atoms with van der Waals surface area (Å²) in [5, 5.41) is 2.31. The average molecular weight is 542 g/mol. The number of anilines is 3. The predicted octanol–water partition coefficient (Wildman–Crippen LogP) is 11.3. The van der Waals surface area contributed by atoms with Crippen molar-refractivity contribution in [2.45, 2.75) is 26.2 Å². The summed E-state index contributed by atoms with van der Waals surface area (Å²) in [6, 6.07) is 47.9. The average Bonchev–Trinajstić information content (AvgIpc) is 3.52. The fourth-order valence-electron chi connectivity index (χ4n) is 6.93. The van der Waals surface area contributed by atoms with Crippen LogP contribution in [0.5, 0.6) is 0 Å². The number of fused-ring (bicyclic) bond motifs is 6. The molecule has 0 amide bonds. The largest absolute Gasteiger partial charge is 0.454 e. The fourth-order valence-corrected chi connectivity index (χ4v) is 6.93. The summed E-state index contributed by atoms with van der Waals surface area (Å²) >= 11 is 0. The molecule has 0 radical (unpaired) electrons. The van der Waals surface area contributed by atoms with E-state index in [-0.39, 0.29) is 5.41 Å². The van der Waals surface area contributed by atoms with E-state index in [9.17, 15) is 0 Å². The Kier molecular flexibility index (Phi) is 5.42. The normalized spacial score (nSPS) is 13.3. The zero-order valence-corrected chi connectivity index (χ0v) is 24.1. The van der Waals surface area contributed by atoms with Gasteiger partial charge in [0.2, 0.25) is 0 Å². The Bertz CT molecular complexity index is 2100. The molecule has 8 rings (SSSR count). The predicted molar refractivity (Wildman–Crippen MR) is 176 cm³/mol. The van der Waals surface area contributed by atoms with E-state index in [0.29, 0.717) is 0 Å². The summed E-state index contributed by atoms with van der Waals surface area (Å²) in [5.41, 5.74) is 13.7. The molecule has 0 saturated carbocycles. The quantitative estimate of drug-likeness (QED) is 0.220. The second-order valence-electron chi connectivity index (χ2n) is 11.8. The van der Waals surface area contributed by atoms with Crippen LogP contribution in [0.3, 0.4) is 0 Å². The molecule has 0 fully saturated rings. The van der Waals surface area contributed by atoms with Crippen molar-refractivity contribution in [3.05, 3.63) is 150 Å². The molecule has 2 heteroatoms. The van der Waals surface area contributed by atoms with Crippen LogP contribution in [0.1, 0.15) is 30.5 Å². The molecule has 6 aromatic carbocycles. The summed E-state index contributed by atoms with van der Waals surface area (Å²) in [6.45, 7) is 6.83. The first kappa shape index (κ1) is 24.7. The van der Waals surface area contributed by atoms with Crippen molar-refractivity contribution in [2.24, 2.45) is 0 Å². The second kappa shape index (κ2) is 9.22. The maximum Gasteiger partial charge on any atom is 0.159 e. The van der Waals surface area contributed by atoms with Crippen LogP contribution in [0.25, 0.3) is 44.2 Å². The van der Waals surface area contributed by atoms with Gasteiger partial charge in [-0.05, 0) is 76.2 Å². The molecule has 0 aliphatic heterocycles. The smallest absolute Gasteiger partial charge is 0.159 e. The molecular weight excluding hydrogens is 510 g/mol. The Balaban J connectivity index is 1.48. The third-order valence-electron chi connectivity index (χ3n) is 8.95. The van der Waals surface area contributed by atoms with Gasteiger partial charge in [-0.3, -0.25) is 0 Å². The minimum Gasteiger partial charge on any atom is -0.454 e. The summed E-state index contributed by atoms with van der Waals surface area (Å²) < 4.78 is 6.91. The molecule has 7 aromatic rings. The lowest BCUT2D eigenvalue weighted by molar-refractivity contribution is 0.647. The molecule has 2 nitrogen and oxygen atoms in total. The van der Waals surface area contributed by atoms with E-state index in [2.05, 4.69) is 159 Å². The molecule has 0 spiro atoms.